The van der Waals surface area contributed by atoms with Crippen LogP contribution in [-0.4, -0.2) is 25.5 Å². The molecule has 0 atom stereocenters. The molecule has 1 aliphatic rings. The zero-order chi connectivity index (χ0) is 16.8. The van der Waals surface area contributed by atoms with Crippen LogP contribution in [0.5, 0.6) is 5.75 Å². The van der Waals surface area contributed by atoms with Crippen LogP contribution in [0.2, 0.25) is 0 Å². The highest BCUT2D eigenvalue weighted by molar-refractivity contribution is 5.78. The van der Waals surface area contributed by atoms with Crippen LogP contribution in [0.1, 0.15) is 31.2 Å². The number of halogens is 1. The number of nitrogens with two attached hydrogens (primary N) is 1. The minimum atomic E-state index is -0.443. The molecule has 5 nitrogen and oxygen atoms in total. The van der Waals surface area contributed by atoms with Gasteiger partial charge in [-0.2, -0.15) is 0 Å². The van der Waals surface area contributed by atoms with Gasteiger partial charge in [0, 0.05) is 18.5 Å². The van der Waals surface area contributed by atoms with Crippen LogP contribution in [0, 0.1) is 17.7 Å². The van der Waals surface area contributed by atoms with E-state index in [9.17, 15) is 14.0 Å². The van der Waals surface area contributed by atoms with Gasteiger partial charge in [0.2, 0.25) is 11.8 Å². The molecule has 0 radical (unpaired) electrons. The first-order valence-corrected chi connectivity index (χ1v) is 7.88. The summed E-state index contributed by atoms with van der Waals surface area (Å²) in [6, 6.07) is 4.47. The number of primary amides is 1. The van der Waals surface area contributed by atoms with Crippen LogP contribution in [0.15, 0.2) is 18.2 Å². The average molecular weight is 322 g/mol. The standard InChI is InChI=1S/C17H23FN2O3/c1-23-14-7-6-13(15(18)9-14)8-16(21)20-10-11-2-4-12(5-3-11)17(19)22/h6-7,9,11-12H,2-5,8,10H2,1H3,(H2,19,22)(H,20,21). The van der Waals surface area contributed by atoms with Gasteiger partial charge in [0.15, 0.2) is 0 Å². The first kappa shape index (κ1) is 17.2. The van der Waals surface area contributed by atoms with Crippen molar-refractivity contribution in [2.75, 3.05) is 13.7 Å². The minimum absolute atomic E-state index is 0.00641. The molecule has 0 aliphatic heterocycles. The second-order valence-electron chi connectivity index (χ2n) is 6.06. The molecule has 1 saturated carbocycles. The van der Waals surface area contributed by atoms with E-state index in [2.05, 4.69) is 5.32 Å². The number of hydrogen-bond donors (Lipinski definition) is 2. The molecular formula is C17H23FN2O3. The van der Waals surface area contributed by atoms with Gasteiger partial charge in [-0.15, -0.1) is 0 Å². The van der Waals surface area contributed by atoms with Crippen molar-refractivity contribution in [2.45, 2.75) is 32.1 Å². The highest BCUT2D eigenvalue weighted by Gasteiger charge is 2.24. The van der Waals surface area contributed by atoms with Gasteiger partial charge < -0.3 is 15.8 Å². The topological polar surface area (TPSA) is 81.4 Å². The third-order valence-corrected chi connectivity index (χ3v) is 4.45. The van der Waals surface area contributed by atoms with E-state index in [1.807, 2.05) is 0 Å². The molecular weight excluding hydrogens is 299 g/mol. The molecule has 0 saturated heterocycles. The number of nitrogens with one attached hydrogen (secondary N) is 1. The Labute approximate surface area is 135 Å². The maximum Gasteiger partial charge on any atom is 0.224 e. The summed E-state index contributed by atoms with van der Waals surface area (Å²) in [4.78, 5) is 23.1. The third-order valence-electron chi connectivity index (χ3n) is 4.45. The Hall–Kier alpha value is -2.11. The summed E-state index contributed by atoms with van der Waals surface area (Å²) in [6.07, 6.45) is 3.33. The van der Waals surface area contributed by atoms with Gasteiger partial charge >= 0.3 is 0 Å². The Morgan fingerprint density at radius 3 is 2.57 bits per heavy atom. The van der Waals surface area contributed by atoms with E-state index in [0.717, 1.165) is 25.7 Å². The van der Waals surface area contributed by atoms with Crippen molar-refractivity contribution in [2.24, 2.45) is 17.6 Å². The largest absolute Gasteiger partial charge is 0.497 e. The molecule has 3 N–H and O–H groups in total. The predicted octanol–water partition coefficient (Wildman–Crippen LogP) is 1.78. The lowest BCUT2D eigenvalue weighted by molar-refractivity contribution is -0.123. The van der Waals surface area contributed by atoms with Gasteiger partial charge in [0.1, 0.15) is 11.6 Å². The Morgan fingerprint density at radius 1 is 1.30 bits per heavy atom. The smallest absolute Gasteiger partial charge is 0.224 e. The SMILES string of the molecule is COc1ccc(CC(=O)NCC2CCC(C(N)=O)CC2)c(F)c1. The third kappa shape index (κ3) is 4.94. The number of methoxy groups -OCH3 is 1. The lowest BCUT2D eigenvalue weighted by Gasteiger charge is -2.26. The van der Waals surface area contributed by atoms with Crippen LogP contribution >= 0.6 is 0 Å². The van der Waals surface area contributed by atoms with E-state index in [1.165, 1.54) is 13.2 Å². The number of carbonyl (C=O) groups excluding carboxylic acids is 2. The molecule has 1 aromatic carbocycles. The Balaban J connectivity index is 1.76. The van der Waals surface area contributed by atoms with E-state index in [4.69, 9.17) is 10.5 Å². The molecule has 0 heterocycles. The number of rotatable bonds is 6. The highest BCUT2D eigenvalue weighted by atomic mass is 19.1. The van der Waals surface area contributed by atoms with Gasteiger partial charge in [-0.05, 0) is 43.2 Å². The summed E-state index contributed by atoms with van der Waals surface area (Å²) in [5, 5.41) is 2.85. The van der Waals surface area contributed by atoms with Gasteiger partial charge in [0.25, 0.3) is 0 Å². The lowest BCUT2D eigenvalue weighted by atomic mass is 9.81. The summed E-state index contributed by atoms with van der Waals surface area (Å²) < 4.78 is 18.7. The number of hydrogen-bond acceptors (Lipinski definition) is 3. The number of ether oxygens (including phenoxy) is 1. The second kappa shape index (κ2) is 7.94. The van der Waals surface area contributed by atoms with Gasteiger partial charge in [0.05, 0.1) is 13.5 Å². The Morgan fingerprint density at radius 2 is 2.00 bits per heavy atom. The van der Waals surface area contributed by atoms with Crippen molar-refractivity contribution in [1.29, 1.82) is 0 Å². The minimum Gasteiger partial charge on any atom is -0.497 e. The Kier molecular flexibility index (Phi) is 5.96. The van der Waals surface area contributed by atoms with E-state index < -0.39 is 5.82 Å². The quantitative estimate of drug-likeness (QED) is 0.838. The number of benzene rings is 1. The fourth-order valence-corrected chi connectivity index (χ4v) is 2.94. The molecule has 0 aromatic heterocycles. The van der Waals surface area contributed by atoms with Crippen LogP contribution < -0.4 is 15.8 Å². The second-order valence-corrected chi connectivity index (χ2v) is 6.06. The molecule has 0 spiro atoms. The fraction of sp³-hybridized carbons (Fsp3) is 0.529. The molecule has 6 heteroatoms. The molecule has 23 heavy (non-hydrogen) atoms. The van der Waals surface area contributed by atoms with Crippen molar-refractivity contribution in [3.8, 4) is 5.75 Å². The molecule has 2 rings (SSSR count). The predicted molar refractivity (Wildman–Crippen MR) is 84.3 cm³/mol. The molecule has 1 fully saturated rings. The maximum absolute atomic E-state index is 13.8. The molecule has 1 aromatic rings. The number of carbonyl (C=O) groups is 2. The number of amides is 2. The van der Waals surface area contributed by atoms with Crippen molar-refractivity contribution >= 4 is 11.8 Å². The molecule has 2 amide bonds. The van der Waals surface area contributed by atoms with E-state index >= 15 is 0 Å². The van der Waals surface area contributed by atoms with Crippen molar-refractivity contribution in [1.82, 2.24) is 5.32 Å². The lowest BCUT2D eigenvalue weighted by Crippen LogP contribution is -2.34. The summed E-state index contributed by atoms with van der Waals surface area (Å²) in [5.41, 5.74) is 5.65. The van der Waals surface area contributed by atoms with Crippen molar-refractivity contribution in [3.05, 3.63) is 29.6 Å². The van der Waals surface area contributed by atoms with Crippen molar-refractivity contribution in [3.63, 3.8) is 0 Å². The van der Waals surface area contributed by atoms with Crippen LogP contribution in [0.25, 0.3) is 0 Å². The molecule has 126 valence electrons. The monoisotopic (exact) mass is 322 g/mol. The van der Waals surface area contributed by atoms with Crippen LogP contribution in [0.3, 0.4) is 0 Å². The Bertz CT molecular complexity index is 569. The average Bonchev–Trinajstić information content (AvgIpc) is 2.55. The summed E-state index contributed by atoms with van der Waals surface area (Å²) in [6.45, 7) is 0.558. The van der Waals surface area contributed by atoms with Crippen LogP contribution in [-0.2, 0) is 16.0 Å². The van der Waals surface area contributed by atoms with E-state index in [0.29, 0.717) is 23.8 Å². The van der Waals surface area contributed by atoms with Gasteiger partial charge in [-0.3, -0.25) is 9.59 Å². The van der Waals surface area contributed by atoms with E-state index in [1.54, 1.807) is 12.1 Å². The zero-order valence-corrected chi connectivity index (χ0v) is 13.3. The molecule has 1 aliphatic carbocycles. The summed E-state index contributed by atoms with van der Waals surface area (Å²) in [5.74, 6) is -0.126. The molecule has 0 bridgehead atoms. The van der Waals surface area contributed by atoms with Gasteiger partial charge in [-0.1, -0.05) is 6.07 Å². The maximum atomic E-state index is 13.8. The summed E-state index contributed by atoms with van der Waals surface area (Å²) >= 11 is 0. The van der Waals surface area contributed by atoms with Gasteiger partial charge in [-0.25, -0.2) is 4.39 Å². The fourth-order valence-electron chi connectivity index (χ4n) is 2.94. The van der Waals surface area contributed by atoms with Crippen LogP contribution in [0.4, 0.5) is 4.39 Å². The zero-order valence-electron chi connectivity index (χ0n) is 13.3. The first-order valence-electron chi connectivity index (χ1n) is 7.88. The highest BCUT2D eigenvalue weighted by Crippen LogP contribution is 2.28. The summed E-state index contributed by atoms with van der Waals surface area (Å²) in [7, 11) is 1.47. The van der Waals surface area contributed by atoms with E-state index in [-0.39, 0.29) is 24.2 Å². The first-order chi connectivity index (χ1) is 11.0. The molecule has 0 unspecified atom stereocenters. The normalized spacial score (nSPS) is 20.8. The van der Waals surface area contributed by atoms with Crippen molar-refractivity contribution < 1.29 is 18.7 Å².